The van der Waals surface area contributed by atoms with Crippen LogP contribution in [0.5, 0.6) is 0 Å². The minimum absolute atomic E-state index is 0.0478. The van der Waals surface area contributed by atoms with Crippen molar-refractivity contribution in [2.45, 2.75) is 11.3 Å². The highest BCUT2D eigenvalue weighted by molar-refractivity contribution is 9.10. The van der Waals surface area contributed by atoms with Gasteiger partial charge in [-0.1, -0.05) is 0 Å². The summed E-state index contributed by atoms with van der Waals surface area (Å²) in [6.07, 6.45) is 0.477. The summed E-state index contributed by atoms with van der Waals surface area (Å²) in [5.41, 5.74) is 7.91. The Morgan fingerprint density at radius 2 is 2.20 bits per heavy atom. The van der Waals surface area contributed by atoms with Crippen LogP contribution >= 0.6 is 27.3 Å². The predicted molar refractivity (Wildman–Crippen MR) is 79.5 cm³/mol. The number of sulfonamides is 1. The smallest absolute Gasteiger partial charge is 0.242 e. The van der Waals surface area contributed by atoms with Crippen molar-refractivity contribution in [1.29, 1.82) is 0 Å². The Morgan fingerprint density at radius 1 is 1.45 bits per heavy atom. The lowest BCUT2D eigenvalue weighted by Gasteiger charge is -2.09. The number of anilines is 1. The Morgan fingerprint density at radius 3 is 2.85 bits per heavy atom. The van der Waals surface area contributed by atoms with Crippen LogP contribution in [-0.4, -0.2) is 19.9 Å². The highest BCUT2D eigenvalue weighted by atomic mass is 79.9. The van der Waals surface area contributed by atoms with Crippen molar-refractivity contribution in [3.8, 4) is 0 Å². The molecule has 5 nitrogen and oxygen atoms in total. The molecule has 20 heavy (non-hydrogen) atoms. The fourth-order valence-electron chi connectivity index (χ4n) is 1.53. The second kappa shape index (κ2) is 6.17. The molecule has 1 aromatic heterocycles. The third kappa shape index (κ3) is 3.54. The van der Waals surface area contributed by atoms with E-state index >= 15 is 0 Å². The Kier molecular flexibility index (Phi) is 4.74. The summed E-state index contributed by atoms with van der Waals surface area (Å²) in [5.74, 6) is -0.607. The first-order valence-corrected chi connectivity index (χ1v) is 8.73. The number of halogens is 2. The normalized spacial score (nSPS) is 11.7. The topological polar surface area (TPSA) is 85.1 Å². The monoisotopic (exact) mass is 379 g/mol. The third-order valence-corrected chi connectivity index (χ3v) is 5.26. The van der Waals surface area contributed by atoms with Crippen molar-refractivity contribution in [2.24, 2.45) is 0 Å². The first-order chi connectivity index (χ1) is 9.40. The van der Waals surface area contributed by atoms with Gasteiger partial charge in [-0.15, -0.1) is 11.3 Å². The Balaban J connectivity index is 2.12. The summed E-state index contributed by atoms with van der Waals surface area (Å²) in [4.78, 5) is 3.90. The van der Waals surface area contributed by atoms with Gasteiger partial charge in [-0.3, -0.25) is 0 Å². The molecule has 0 fully saturated rings. The number of nitrogen functional groups attached to an aromatic ring is 1. The molecule has 0 radical (unpaired) electrons. The number of rotatable bonds is 5. The van der Waals surface area contributed by atoms with Gasteiger partial charge in [0, 0.05) is 18.3 Å². The van der Waals surface area contributed by atoms with Crippen LogP contribution in [0.25, 0.3) is 0 Å². The van der Waals surface area contributed by atoms with Crippen LogP contribution in [0, 0.1) is 5.82 Å². The summed E-state index contributed by atoms with van der Waals surface area (Å²) >= 11 is 4.38. The fourth-order valence-corrected chi connectivity index (χ4v) is 3.79. The zero-order valence-electron chi connectivity index (χ0n) is 10.1. The number of benzene rings is 1. The van der Waals surface area contributed by atoms with E-state index in [-0.39, 0.29) is 21.6 Å². The van der Waals surface area contributed by atoms with Crippen LogP contribution in [0.15, 0.2) is 32.4 Å². The van der Waals surface area contributed by atoms with Crippen molar-refractivity contribution >= 4 is 43.0 Å². The van der Waals surface area contributed by atoms with E-state index < -0.39 is 15.8 Å². The molecular weight excluding hydrogens is 369 g/mol. The number of hydrogen-bond donors (Lipinski definition) is 2. The number of nitrogens with two attached hydrogens (primary N) is 1. The lowest BCUT2D eigenvalue weighted by atomic mass is 10.3. The molecule has 0 atom stereocenters. The molecule has 1 aromatic carbocycles. The summed E-state index contributed by atoms with van der Waals surface area (Å²) in [5, 5.41) is 1.84. The van der Waals surface area contributed by atoms with Gasteiger partial charge in [0.15, 0.2) is 0 Å². The molecule has 0 bridgehead atoms. The minimum Gasteiger partial charge on any atom is -0.398 e. The van der Waals surface area contributed by atoms with Gasteiger partial charge in [0.25, 0.3) is 0 Å². The van der Waals surface area contributed by atoms with E-state index in [4.69, 9.17) is 5.73 Å². The van der Waals surface area contributed by atoms with E-state index in [2.05, 4.69) is 25.6 Å². The number of thiazole rings is 1. The Bertz CT molecular complexity index is 705. The number of aromatic nitrogens is 1. The number of nitrogens with one attached hydrogen (secondary N) is 1. The van der Waals surface area contributed by atoms with Crippen molar-refractivity contribution in [3.05, 3.63) is 39.0 Å². The zero-order valence-corrected chi connectivity index (χ0v) is 13.4. The molecule has 0 saturated heterocycles. The minimum atomic E-state index is -3.78. The lowest BCUT2D eigenvalue weighted by molar-refractivity contribution is 0.580. The molecule has 108 valence electrons. The van der Waals surface area contributed by atoms with E-state index in [1.54, 1.807) is 5.51 Å². The Labute approximate surface area is 128 Å². The maximum absolute atomic E-state index is 13.2. The highest BCUT2D eigenvalue weighted by Gasteiger charge is 2.19. The summed E-state index contributed by atoms with van der Waals surface area (Å²) in [6, 6.07) is 2.12. The molecule has 9 heteroatoms. The van der Waals surface area contributed by atoms with Crippen molar-refractivity contribution in [3.63, 3.8) is 0 Å². The second-order valence-electron chi connectivity index (χ2n) is 3.93. The molecule has 0 aliphatic rings. The van der Waals surface area contributed by atoms with Crippen molar-refractivity contribution in [1.82, 2.24) is 9.71 Å². The molecule has 0 spiro atoms. The molecule has 0 aliphatic heterocycles. The fraction of sp³-hybridized carbons (Fsp3) is 0.182. The maximum atomic E-state index is 13.2. The number of nitrogens with zero attached hydrogens (tertiary/aromatic N) is 1. The zero-order chi connectivity index (χ0) is 14.8. The van der Waals surface area contributed by atoms with Crippen LogP contribution in [0.2, 0.25) is 0 Å². The first-order valence-electron chi connectivity index (χ1n) is 5.51. The molecule has 0 saturated carbocycles. The molecule has 3 N–H and O–H groups in total. The van der Waals surface area contributed by atoms with Gasteiger partial charge in [-0.05, 0) is 28.1 Å². The van der Waals surface area contributed by atoms with Gasteiger partial charge in [0.05, 0.1) is 21.4 Å². The van der Waals surface area contributed by atoms with Crippen LogP contribution in [0.4, 0.5) is 10.1 Å². The summed E-state index contributed by atoms with van der Waals surface area (Å²) < 4.78 is 39.9. The van der Waals surface area contributed by atoms with Gasteiger partial charge in [0.1, 0.15) is 10.7 Å². The predicted octanol–water partition coefficient (Wildman–Crippen LogP) is 2.15. The molecule has 0 unspecified atom stereocenters. The largest absolute Gasteiger partial charge is 0.398 e. The van der Waals surface area contributed by atoms with E-state index in [0.717, 1.165) is 17.8 Å². The van der Waals surface area contributed by atoms with Gasteiger partial charge in [0.2, 0.25) is 10.0 Å². The van der Waals surface area contributed by atoms with E-state index in [1.807, 2.05) is 5.38 Å². The maximum Gasteiger partial charge on any atom is 0.242 e. The van der Waals surface area contributed by atoms with Crippen LogP contribution < -0.4 is 10.5 Å². The second-order valence-corrected chi connectivity index (χ2v) is 7.24. The van der Waals surface area contributed by atoms with Gasteiger partial charge < -0.3 is 5.73 Å². The van der Waals surface area contributed by atoms with Crippen LogP contribution in [0.3, 0.4) is 0 Å². The summed E-state index contributed by atoms with van der Waals surface area (Å²) in [6.45, 7) is 0.195. The molecule has 0 amide bonds. The Hall–Kier alpha value is -1.03. The van der Waals surface area contributed by atoms with E-state index in [1.165, 1.54) is 11.3 Å². The van der Waals surface area contributed by atoms with Crippen LogP contribution in [-0.2, 0) is 16.4 Å². The molecule has 2 aromatic rings. The van der Waals surface area contributed by atoms with E-state index in [0.29, 0.717) is 6.42 Å². The average Bonchev–Trinajstić information content (AvgIpc) is 2.86. The quantitative estimate of drug-likeness (QED) is 0.779. The lowest BCUT2D eigenvalue weighted by Crippen LogP contribution is -2.27. The highest BCUT2D eigenvalue weighted by Crippen LogP contribution is 2.25. The third-order valence-electron chi connectivity index (χ3n) is 2.50. The van der Waals surface area contributed by atoms with E-state index in [9.17, 15) is 12.8 Å². The SMILES string of the molecule is Nc1cc(F)c(Br)cc1S(=O)(=O)NCCc1cscn1. The van der Waals surface area contributed by atoms with Crippen molar-refractivity contribution < 1.29 is 12.8 Å². The average molecular weight is 380 g/mol. The number of hydrogen-bond acceptors (Lipinski definition) is 5. The first kappa shape index (κ1) is 15.4. The molecule has 0 aliphatic carbocycles. The van der Waals surface area contributed by atoms with Gasteiger partial charge in [-0.25, -0.2) is 22.5 Å². The van der Waals surface area contributed by atoms with Crippen LogP contribution in [0.1, 0.15) is 5.69 Å². The molecule has 2 rings (SSSR count). The molecular formula is C11H11BrFN3O2S2. The van der Waals surface area contributed by atoms with Crippen molar-refractivity contribution in [2.75, 3.05) is 12.3 Å². The van der Waals surface area contributed by atoms with Gasteiger partial charge >= 0.3 is 0 Å². The van der Waals surface area contributed by atoms with Gasteiger partial charge in [-0.2, -0.15) is 0 Å². The standard InChI is InChI=1S/C11H11BrFN3O2S2/c12-8-3-11(10(14)4-9(8)13)20(17,18)16-2-1-7-5-19-6-15-7/h3-6,16H,1-2,14H2. The molecule has 1 heterocycles. The summed E-state index contributed by atoms with van der Waals surface area (Å²) in [7, 11) is -3.78.